The van der Waals surface area contributed by atoms with Crippen LogP contribution in [0.5, 0.6) is 0 Å². The minimum atomic E-state index is -3.49. The Balaban J connectivity index is 2.44. The van der Waals surface area contributed by atoms with Crippen molar-refractivity contribution in [1.29, 1.82) is 0 Å². The van der Waals surface area contributed by atoms with Gasteiger partial charge in [-0.15, -0.1) is 6.58 Å². The third-order valence-corrected chi connectivity index (χ3v) is 8.79. The van der Waals surface area contributed by atoms with Crippen LogP contribution >= 0.6 is 7.37 Å². The Labute approximate surface area is 159 Å². The lowest BCUT2D eigenvalue weighted by Gasteiger charge is -2.41. The molecule has 0 aliphatic heterocycles. The van der Waals surface area contributed by atoms with Crippen molar-refractivity contribution in [3.63, 3.8) is 0 Å². The first-order valence-electron chi connectivity index (χ1n) is 9.77. The van der Waals surface area contributed by atoms with Crippen LogP contribution in [-0.2, 0) is 9.09 Å². The summed E-state index contributed by atoms with van der Waals surface area (Å²) >= 11 is 0. The summed E-state index contributed by atoms with van der Waals surface area (Å²) in [5.74, 6) is 0.243. The molecule has 3 nitrogen and oxygen atoms in total. The number of aliphatic hydroxyl groups excluding tert-OH is 1. The molecule has 1 unspecified atom stereocenters. The molecule has 1 aliphatic carbocycles. The standard InChI is InChI=1S/C22H35O3P/c1-7-22(5,6)21(23)26(24,18-11-9-8-10-12-18)25-20-15-17(4)13-14-19(20)16(2)3/h7-12,16-17,19-21,23H,1,13-15H2,2-6H3/t17-,19+,20-,21?,26+/m1/s1. The first-order chi connectivity index (χ1) is 12.1. The Bertz CT molecular complexity index is 638. The molecule has 0 bridgehead atoms. The van der Waals surface area contributed by atoms with E-state index in [1.807, 2.05) is 32.0 Å². The van der Waals surface area contributed by atoms with Crippen molar-refractivity contribution in [3.05, 3.63) is 43.0 Å². The smallest absolute Gasteiger partial charge is 0.260 e. The average molecular weight is 378 g/mol. The van der Waals surface area contributed by atoms with Crippen molar-refractivity contribution in [2.24, 2.45) is 23.2 Å². The Morgan fingerprint density at radius 2 is 1.88 bits per heavy atom. The Kier molecular flexibility index (Phi) is 6.93. The molecule has 26 heavy (non-hydrogen) atoms. The summed E-state index contributed by atoms with van der Waals surface area (Å²) in [5, 5.41) is 11.7. The van der Waals surface area contributed by atoms with Crippen LogP contribution in [0.4, 0.5) is 0 Å². The molecule has 0 spiro atoms. The van der Waals surface area contributed by atoms with Crippen molar-refractivity contribution >= 4 is 12.7 Å². The van der Waals surface area contributed by atoms with Gasteiger partial charge in [0, 0.05) is 10.7 Å². The number of hydrogen-bond acceptors (Lipinski definition) is 3. The lowest BCUT2D eigenvalue weighted by Crippen LogP contribution is -2.38. The van der Waals surface area contributed by atoms with Gasteiger partial charge in [-0.05, 0) is 42.7 Å². The van der Waals surface area contributed by atoms with Crippen LogP contribution < -0.4 is 5.30 Å². The molecule has 1 aromatic carbocycles. The molecule has 146 valence electrons. The van der Waals surface area contributed by atoms with Gasteiger partial charge in [-0.3, -0.25) is 4.57 Å². The zero-order chi connectivity index (χ0) is 19.5. The lowest BCUT2D eigenvalue weighted by molar-refractivity contribution is 0.0360. The SMILES string of the molecule is C=CC(C)(C)C(O)[P@@](=O)(O[C@@H]1C[C@H](C)CC[C@H]1C(C)C)c1ccccc1. The third-order valence-electron chi connectivity index (χ3n) is 5.88. The predicted molar refractivity (Wildman–Crippen MR) is 110 cm³/mol. The third kappa shape index (κ3) is 4.50. The van der Waals surface area contributed by atoms with Crippen LogP contribution in [0.1, 0.15) is 53.9 Å². The molecular formula is C22H35O3P. The van der Waals surface area contributed by atoms with Crippen LogP contribution in [0.3, 0.4) is 0 Å². The van der Waals surface area contributed by atoms with Gasteiger partial charge in [0.1, 0.15) is 5.85 Å². The van der Waals surface area contributed by atoms with Crippen LogP contribution in [0.25, 0.3) is 0 Å². The van der Waals surface area contributed by atoms with E-state index in [0.717, 1.165) is 12.8 Å². The van der Waals surface area contributed by atoms with E-state index in [0.29, 0.717) is 23.1 Å². The highest BCUT2D eigenvalue weighted by Crippen LogP contribution is 2.58. The van der Waals surface area contributed by atoms with Gasteiger partial charge in [0.15, 0.2) is 0 Å². The van der Waals surface area contributed by atoms with Crippen molar-refractivity contribution in [2.75, 3.05) is 0 Å². The van der Waals surface area contributed by atoms with E-state index in [1.54, 1.807) is 18.2 Å². The molecular weight excluding hydrogens is 343 g/mol. The average Bonchev–Trinajstić information content (AvgIpc) is 2.61. The van der Waals surface area contributed by atoms with Gasteiger partial charge in [0.05, 0.1) is 6.10 Å². The van der Waals surface area contributed by atoms with E-state index >= 15 is 0 Å². The van der Waals surface area contributed by atoms with Gasteiger partial charge in [0.2, 0.25) is 0 Å². The largest absolute Gasteiger partial charge is 0.382 e. The second-order valence-corrected chi connectivity index (χ2v) is 11.2. The monoisotopic (exact) mass is 378 g/mol. The highest BCUT2D eigenvalue weighted by atomic mass is 31.2. The summed E-state index contributed by atoms with van der Waals surface area (Å²) in [4.78, 5) is 0. The van der Waals surface area contributed by atoms with Crippen LogP contribution in [-0.4, -0.2) is 17.1 Å². The molecule has 0 aromatic heterocycles. The van der Waals surface area contributed by atoms with Crippen molar-refractivity contribution < 1.29 is 14.2 Å². The fraction of sp³-hybridized carbons (Fsp3) is 0.636. The summed E-state index contributed by atoms with van der Waals surface area (Å²) in [6.07, 6.45) is 4.72. The molecule has 1 fully saturated rings. The Morgan fingerprint density at radius 1 is 1.27 bits per heavy atom. The van der Waals surface area contributed by atoms with E-state index in [2.05, 4.69) is 27.4 Å². The highest BCUT2D eigenvalue weighted by molar-refractivity contribution is 7.67. The van der Waals surface area contributed by atoms with Gasteiger partial charge in [-0.1, -0.05) is 65.3 Å². The fourth-order valence-electron chi connectivity index (χ4n) is 3.88. The highest BCUT2D eigenvalue weighted by Gasteiger charge is 2.46. The maximum absolute atomic E-state index is 14.1. The molecule has 1 saturated carbocycles. The van der Waals surface area contributed by atoms with Crippen LogP contribution in [0.2, 0.25) is 0 Å². The maximum Gasteiger partial charge on any atom is 0.260 e. The first kappa shape index (κ1) is 21.4. The fourth-order valence-corrected chi connectivity index (χ4v) is 6.61. The van der Waals surface area contributed by atoms with Gasteiger partial charge in [-0.2, -0.15) is 0 Å². The molecule has 4 heteroatoms. The first-order valence-corrected chi connectivity index (χ1v) is 11.5. The normalized spacial score (nSPS) is 27.7. The molecule has 1 aromatic rings. The van der Waals surface area contributed by atoms with Gasteiger partial charge in [0.25, 0.3) is 7.37 Å². The minimum absolute atomic E-state index is 0.0972. The Hall–Kier alpha value is -0.890. The second kappa shape index (κ2) is 8.42. The van der Waals surface area contributed by atoms with Crippen molar-refractivity contribution in [2.45, 2.75) is 65.8 Å². The number of aliphatic hydroxyl groups is 1. The zero-order valence-electron chi connectivity index (χ0n) is 16.9. The molecule has 2 rings (SSSR count). The lowest BCUT2D eigenvalue weighted by atomic mass is 9.75. The summed E-state index contributed by atoms with van der Waals surface area (Å²) < 4.78 is 20.6. The topological polar surface area (TPSA) is 46.5 Å². The van der Waals surface area contributed by atoms with Gasteiger partial charge >= 0.3 is 0 Å². The molecule has 0 saturated heterocycles. The van der Waals surface area contributed by atoms with Crippen LogP contribution in [0.15, 0.2) is 43.0 Å². The molecule has 0 radical (unpaired) electrons. The Morgan fingerprint density at radius 3 is 2.42 bits per heavy atom. The van der Waals surface area contributed by atoms with E-state index < -0.39 is 18.6 Å². The van der Waals surface area contributed by atoms with E-state index in [4.69, 9.17) is 4.52 Å². The van der Waals surface area contributed by atoms with E-state index in [-0.39, 0.29) is 6.10 Å². The molecule has 0 amide bonds. The summed E-state index contributed by atoms with van der Waals surface area (Å²) in [6, 6.07) is 9.20. The minimum Gasteiger partial charge on any atom is -0.382 e. The number of hydrogen-bond donors (Lipinski definition) is 1. The molecule has 1 aliphatic rings. The van der Waals surface area contributed by atoms with Crippen LogP contribution in [0, 0.1) is 23.2 Å². The summed E-state index contributed by atoms with van der Waals surface area (Å²) in [6.45, 7) is 14.2. The van der Waals surface area contributed by atoms with Gasteiger partial charge in [-0.25, -0.2) is 0 Å². The van der Waals surface area contributed by atoms with E-state index in [1.165, 1.54) is 6.42 Å². The maximum atomic E-state index is 14.1. The van der Waals surface area contributed by atoms with Crippen molar-refractivity contribution in [1.82, 2.24) is 0 Å². The van der Waals surface area contributed by atoms with Gasteiger partial charge < -0.3 is 9.63 Å². The second-order valence-electron chi connectivity index (χ2n) is 8.80. The van der Waals surface area contributed by atoms with E-state index in [9.17, 15) is 9.67 Å². The molecule has 5 atom stereocenters. The number of benzene rings is 1. The quantitative estimate of drug-likeness (QED) is 0.496. The number of rotatable bonds is 7. The van der Waals surface area contributed by atoms with Crippen molar-refractivity contribution in [3.8, 4) is 0 Å². The molecule has 1 N–H and O–H groups in total. The summed E-state index contributed by atoms with van der Waals surface area (Å²) in [7, 11) is -3.49. The molecule has 0 heterocycles. The summed E-state index contributed by atoms with van der Waals surface area (Å²) in [5.41, 5.74) is -0.709. The zero-order valence-corrected chi connectivity index (χ0v) is 17.8. The predicted octanol–water partition coefficient (Wildman–Crippen LogP) is 5.60.